The monoisotopic (exact) mass is 223 g/mol. The Morgan fingerprint density at radius 3 is 2.69 bits per heavy atom. The summed E-state index contributed by atoms with van der Waals surface area (Å²) in [5.41, 5.74) is 0.930. The predicted octanol–water partition coefficient (Wildman–Crippen LogP) is 2.57. The summed E-state index contributed by atoms with van der Waals surface area (Å²) in [6.45, 7) is 7.78. The number of nitrogens with zero attached hydrogens (tertiary/aromatic N) is 2. The Kier molecular flexibility index (Phi) is 5.19. The van der Waals surface area contributed by atoms with E-state index < -0.39 is 0 Å². The van der Waals surface area contributed by atoms with E-state index in [9.17, 15) is 0 Å². The highest BCUT2D eigenvalue weighted by molar-refractivity contribution is 5.36. The van der Waals surface area contributed by atoms with Gasteiger partial charge in [0.15, 0.2) is 0 Å². The second-order valence-electron chi connectivity index (χ2n) is 4.12. The summed E-state index contributed by atoms with van der Waals surface area (Å²) in [4.78, 5) is 8.93. The Balaban J connectivity index is 2.89. The predicted molar refractivity (Wildman–Crippen MR) is 65.6 cm³/mol. The van der Waals surface area contributed by atoms with Crippen molar-refractivity contribution in [2.24, 2.45) is 0 Å². The van der Waals surface area contributed by atoms with Gasteiger partial charge in [-0.2, -0.15) is 0 Å². The minimum atomic E-state index is 0.332. The summed E-state index contributed by atoms with van der Waals surface area (Å²) in [5, 5.41) is 3.28. The molecular weight excluding hydrogens is 202 g/mol. The fraction of sp³-hybridized carbons (Fsp3) is 0.667. The molecule has 0 aromatic carbocycles. The smallest absolute Gasteiger partial charge is 0.133 e. The van der Waals surface area contributed by atoms with Crippen molar-refractivity contribution in [1.82, 2.24) is 9.97 Å². The van der Waals surface area contributed by atoms with E-state index in [2.05, 4.69) is 36.1 Å². The van der Waals surface area contributed by atoms with E-state index in [0.717, 1.165) is 30.3 Å². The van der Waals surface area contributed by atoms with Crippen molar-refractivity contribution in [3.05, 3.63) is 17.6 Å². The van der Waals surface area contributed by atoms with Crippen LogP contribution in [0.4, 0.5) is 5.82 Å². The van der Waals surface area contributed by atoms with Crippen molar-refractivity contribution in [1.29, 1.82) is 0 Å². The van der Waals surface area contributed by atoms with Crippen LogP contribution in [0.25, 0.3) is 0 Å². The van der Waals surface area contributed by atoms with Crippen LogP contribution in [0.2, 0.25) is 0 Å². The first-order valence-corrected chi connectivity index (χ1v) is 5.78. The maximum absolute atomic E-state index is 5.10. The Hall–Kier alpha value is -1.16. The van der Waals surface area contributed by atoms with Gasteiger partial charge in [-0.05, 0) is 6.42 Å². The molecule has 0 aliphatic rings. The Morgan fingerprint density at radius 1 is 1.38 bits per heavy atom. The molecule has 1 rings (SSSR count). The van der Waals surface area contributed by atoms with E-state index >= 15 is 0 Å². The average molecular weight is 223 g/mol. The highest BCUT2D eigenvalue weighted by Gasteiger charge is 2.07. The van der Waals surface area contributed by atoms with Gasteiger partial charge in [0, 0.05) is 25.6 Å². The van der Waals surface area contributed by atoms with Crippen molar-refractivity contribution in [3.8, 4) is 0 Å². The molecule has 0 amide bonds. The lowest BCUT2D eigenvalue weighted by atomic mass is 10.2. The quantitative estimate of drug-likeness (QED) is 0.805. The molecule has 1 heterocycles. The number of methoxy groups -OCH3 is 1. The molecule has 1 aromatic heterocycles. The van der Waals surface area contributed by atoms with Gasteiger partial charge in [-0.1, -0.05) is 20.8 Å². The number of rotatable bonds is 6. The van der Waals surface area contributed by atoms with Gasteiger partial charge in [0.2, 0.25) is 0 Å². The molecule has 0 aliphatic heterocycles. The minimum Gasteiger partial charge on any atom is -0.378 e. The number of hydrogen-bond acceptors (Lipinski definition) is 4. The van der Waals surface area contributed by atoms with Crippen molar-refractivity contribution in [3.63, 3.8) is 0 Å². The van der Waals surface area contributed by atoms with Gasteiger partial charge in [0.05, 0.1) is 12.3 Å². The molecular formula is C12H21N3O. The fourth-order valence-electron chi connectivity index (χ4n) is 1.34. The third kappa shape index (κ3) is 3.77. The molecule has 0 radical (unpaired) electrons. The highest BCUT2D eigenvalue weighted by atomic mass is 16.5. The van der Waals surface area contributed by atoms with Gasteiger partial charge >= 0.3 is 0 Å². The summed E-state index contributed by atoms with van der Waals surface area (Å²) in [5.74, 6) is 2.10. The van der Waals surface area contributed by atoms with Gasteiger partial charge in [-0.15, -0.1) is 0 Å². The van der Waals surface area contributed by atoms with Crippen molar-refractivity contribution >= 4 is 5.82 Å². The van der Waals surface area contributed by atoms with Gasteiger partial charge in [0.25, 0.3) is 0 Å². The number of anilines is 1. The molecule has 1 aromatic rings. The third-order valence-electron chi connectivity index (χ3n) is 2.16. The van der Waals surface area contributed by atoms with Crippen molar-refractivity contribution < 1.29 is 4.74 Å². The first-order chi connectivity index (χ1) is 7.67. The number of hydrogen-bond donors (Lipinski definition) is 1. The largest absolute Gasteiger partial charge is 0.378 e. The molecule has 16 heavy (non-hydrogen) atoms. The molecule has 0 atom stereocenters. The summed E-state index contributed by atoms with van der Waals surface area (Å²) >= 11 is 0. The molecule has 1 N–H and O–H groups in total. The molecule has 0 fully saturated rings. The zero-order valence-corrected chi connectivity index (χ0v) is 10.6. The van der Waals surface area contributed by atoms with Crippen LogP contribution < -0.4 is 5.32 Å². The van der Waals surface area contributed by atoms with Crippen LogP contribution in [0.3, 0.4) is 0 Å². The van der Waals surface area contributed by atoms with Crippen LogP contribution in [0.15, 0.2) is 6.07 Å². The summed E-state index contributed by atoms with van der Waals surface area (Å²) in [6, 6.07) is 1.95. The van der Waals surface area contributed by atoms with E-state index in [-0.39, 0.29) is 0 Å². The number of aromatic nitrogens is 2. The van der Waals surface area contributed by atoms with Crippen molar-refractivity contribution in [2.75, 3.05) is 19.0 Å². The van der Waals surface area contributed by atoms with Crippen LogP contribution in [-0.2, 0) is 11.3 Å². The molecule has 0 unspecified atom stereocenters. The molecule has 0 saturated carbocycles. The van der Waals surface area contributed by atoms with E-state index in [1.807, 2.05) is 6.07 Å². The van der Waals surface area contributed by atoms with E-state index in [1.54, 1.807) is 7.11 Å². The first kappa shape index (κ1) is 12.9. The van der Waals surface area contributed by atoms with Crippen LogP contribution in [0, 0.1) is 0 Å². The van der Waals surface area contributed by atoms with E-state index in [1.165, 1.54) is 0 Å². The Morgan fingerprint density at radius 2 is 2.12 bits per heavy atom. The molecule has 4 heteroatoms. The lowest BCUT2D eigenvalue weighted by Crippen LogP contribution is -2.08. The van der Waals surface area contributed by atoms with Crippen LogP contribution in [0.5, 0.6) is 0 Å². The maximum atomic E-state index is 5.10. The number of nitrogens with one attached hydrogen (secondary N) is 1. The minimum absolute atomic E-state index is 0.332. The maximum Gasteiger partial charge on any atom is 0.133 e. The topological polar surface area (TPSA) is 47.0 Å². The fourth-order valence-corrected chi connectivity index (χ4v) is 1.34. The SMILES string of the molecule is CCCNc1cc(COC)nc(C(C)C)n1. The normalized spacial score (nSPS) is 10.8. The van der Waals surface area contributed by atoms with Gasteiger partial charge in [-0.3, -0.25) is 0 Å². The van der Waals surface area contributed by atoms with Crippen molar-refractivity contribution in [2.45, 2.75) is 39.7 Å². The molecule has 0 saturated heterocycles. The van der Waals surface area contributed by atoms with E-state index in [0.29, 0.717) is 12.5 Å². The zero-order valence-electron chi connectivity index (χ0n) is 10.6. The first-order valence-electron chi connectivity index (χ1n) is 5.78. The molecule has 0 spiro atoms. The van der Waals surface area contributed by atoms with Crippen LogP contribution in [-0.4, -0.2) is 23.6 Å². The summed E-state index contributed by atoms with van der Waals surface area (Å²) < 4.78 is 5.10. The Bertz CT molecular complexity index is 326. The second-order valence-corrected chi connectivity index (χ2v) is 4.12. The lowest BCUT2D eigenvalue weighted by molar-refractivity contribution is 0.181. The summed E-state index contributed by atoms with van der Waals surface area (Å²) in [6.07, 6.45) is 1.08. The molecule has 4 nitrogen and oxygen atoms in total. The standard InChI is InChI=1S/C12H21N3O/c1-5-6-13-11-7-10(8-16-4)14-12(15-11)9(2)3/h7,9H,5-6,8H2,1-4H3,(H,13,14,15). The highest BCUT2D eigenvalue weighted by Crippen LogP contribution is 2.14. The number of ether oxygens (including phenoxy) is 1. The average Bonchev–Trinajstić information content (AvgIpc) is 2.26. The van der Waals surface area contributed by atoms with Crippen LogP contribution in [0.1, 0.15) is 44.6 Å². The molecule has 90 valence electrons. The molecule has 0 bridgehead atoms. The molecule has 0 aliphatic carbocycles. The lowest BCUT2D eigenvalue weighted by Gasteiger charge is -2.10. The Labute approximate surface area is 97.5 Å². The van der Waals surface area contributed by atoms with Crippen LogP contribution >= 0.6 is 0 Å². The second kappa shape index (κ2) is 6.43. The van der Waals surface area contributed by atoms with Gasteiger partial charge in [-0.25, -0.2) is 9.97 Å². The zero-order chi connectivity index (χ0) is 12.0. The summed E-state index contributed by atoms with van der Waals surface area (Å²) in [7, 11) is 1.68. The van der Waals surface area contributed by atoms with E-state index in [4.69, 9.17) is 4.74 Å². The van der Waals surface area contributed by atoms with Gasteiger partial charge in [0.1, 0.15) is 11.6 Å². The third-order valence-corrected chi connectivity index (χ3v) is 2.16. The van der Waals surface area contributed by atoms with Gasteiger partial charge < -0.3 is 10.1 Å².